The number of halogens is 1. The first-order chi connectivity index (χ1) is 9.55. The van der Waals surface area contributed by atoms with Crippen LogP contribution in [0, 0.1) is 0 Å². The predicted molar refractivity (Wildman–Crippen MR) is 85.2 cm³/mol. The first-order valence-electron chi connectivity index (χ1n) is 7.06. The fraction of sp³-hybridized carbons (Fsp3) is 0.333. The summed E-state index contributed by atoms with van der Waals surface area (Å²) in [6.45, 7) is 1.91. The average Bonchev–Trinajstić information content (AvgIpc) is 2.42. The highest BCUT2D eigenvalue weighted by atomic mass is 35.5. The van der Waals surface area contributed by atoms with Gasteiger partial charge in [0.05, 0.1) is 5.60 Å². The Bertz CT molecular complexity index is 517. The van der Waals surface area contributed by atoms with Gasteiger partial charge in [0.2, 0.25) is 0 Å². The minimum Gasteiger partial charge on any atom is -0.390 e. The first-order valence-corrected chi connectivity index (χ1v) is 7.44. The van der Waals surface area contributed by atoms with Crippen LogP contribution in [0.25, 0.3) is 0 Å². The van der Waals surface area contributed by atoms with Crippen LogP contribution in [0.15, 0.2) is 54.6 Å². The average molecular weight is 289 g/mol. The van der Waals surface area contributed by atoms with E-state index in [0.717, 1.165) is 29.8 Å². The number of aliphatic hydroxyl groups is 1. The molecule has 2 aromatic rings. The molecule has 0 radical (unpaired) electrons. The van der Waals surface area contributed by atoms with Crippen molar-refractivity contribution in [2.24, 2.45) is 0 Å². The van der Waals surface area contributed by atoms with Gasteiger partial charge in [-0.25, -0.2) is 0 Å². The molecule has 0 spiro atoms. The van der Waals surface area contributed by atoms with E-state index in [-0.39, 0.29) is 0 Å². The lowest BCUT2D eigenvalue weighted by Gasteiger charge is -2.23. The van der Waals surface area contributed by atoms with E-state index in [1.807, 2.05) is 37.3 Å². The van der Waals surface area contributed by atoms with Gasteiger partial charge in [-0.1, -0.05) is 54.1 Å². The quantitative estimate of drug-likeness (QED) is 0.820. The number of rotatable bonds is 6. The van der Waals surface area contributed by atoms with Crippen molar-refractivity contribution in [3.05, 3.63) is 70.7 Å². The molecule has 0 bridgehead atoms. The van der Waals surface area contributed by atoms with Gasteiger partial charge in [0.15, 0.2) is 0 Å². The number of aryl methyl sites for hydroxylation is 1. The van der Waals surface area contributed by atoms with Gasteiger partial charge >= 0.3 is 0 Å². The van der Waals surface area contributed by atoms with Crippen LogP contribution in [0.2, 0.25) is 5.02 Å². The summed E-state index contributed by atoms with van der Waals surface area (Å²) in [4.78, 5) is 0. The van der Waals surface area contributed by atoms with E-state index in [1.165, 1.54) is 5.56 Å². The summed E-state index contributed by atoms with van der Waals surface area (Å²) in [6, 6.07) is 18.1. The molecule has 1 N–H and O–H groups in total. The van der Waals surface area contributed by atoms with Gasteiger partial charge in [-0.3, -0.25) is 0 Å². The van der Waals surface area contributed by atoms with E-state index in [2.05, 4.69) is 24.3 Å². The maximum Gasteiger partial charge on any atom is 0.0660 e. The van der Waals surface area contributed by atoms with E-state index in [4.69, 9.17) is 11.6 Å². The van der Waals surface area contributed by atoms with Crippen LogP contribution < -0.4 is 0 Å². The maximum absolute atomic E-state index is 10.5. The topological polar surface area (TPSA) is 20.2 Å². The molecule has 0 heterocycles. The van der Waals surface area contributed by atoms with Crippen molar-refractivity contribution in [1.82, 2.24) is 0 Å². The molecular formula is C18H21ClO. The van der Waals surface area contributed by atoms with E-state index in [1.54, 1.807) is 0 Å². The standard InChI is InChI=1S/C18H21ClO/c1-18(20,14-16-9-11-17(19)12-10-16)13-5-8-15-6-3-2-4-7-15/h2-4,6-7,9-12,20H,5,8,13-14H2,1H3. The number of benzene rings is 2. The lowest BCUT2D eigenvalue weighted by molar-refractivity contribution is 0.0493. The van der Waals surface area contributed by atoms with Crippen molar-refractivity contribution in [2.45, 2.75) is 38.2 Å². The van der Waals surface area contributed by atoms with E-state index in [9.17, 15) is 5.11 Å². The van der Waals surface area contributed by atoms with Crippen molar-refractivity contribution >= 4 is 11.6 Å². The van der Waals surface area contributed by atoms with Crippen molar-refractivity contribution in [1.29, 1.82) is 0 Å². The zero-order chi connectivity index (χ0) is 14.4. The molecular weight excluding hydrogens is 268 g/mol. The molecule has 106 valence electrons. The molecule has 1 atom stereocenters. The highest BCUT2D eigenvalue weighted by Gasteiger charge is 2.20. The number of hydrogen-bond acceptors (Lipinski definition) is 1. The summed E-state index contributed by atoms with van der Waals surface area (Å²) in [5.74, 6) is 0. The van der Waals surface area contributed by atoms with Crippen molar-refractivity contribution in [3.63, 3.8) is 0 Å². The molecule has 2 aromatic carbocycles. The SMILES string of the molecule is CC(O)(CCCc1ccccc1)Cc1ccc(Cl)cc1. The van der Waals surface area contributed by atoms with Gasteiger partial charge in [-0.05, 0) is 49.4 Å². The summed E-state index contributed by atoms with van der Waals surface area (Å²) in [6.07, 6.45) is 3.46. The Morgan fingerprint density at radius 1 is 0.950 bits per heavy atom. The van der Waals surface area contributed by atoms with Crippen LogP contribution in [0.4, 0.5) is 0 Å². The second-order valence-electron chi connectivity index (χ2n) is 5.64. The molecule has 0 aliphatic rings. The zero-order valence-corrected chi connectivity index (χ0v) is 12.6. The monoisotopic (exact) mass is 288 g/mol. The van der Waals surface area contributed by atoms with E-state index >= 15 is 0 Å². The number of hydrogen-bond donors (Lipinski definition) is 1. The third-order valence-electron chi connectivity index (χ3n) is 3.52. The normalized spacial score (nSPS) is 13.9. The highest BCUT2D eigenvalue weighted by Crippen LogP contribution is 2.21. The molecule has 2 rings (SSSR count). The van der Waals surface area contributed by atoms with Crippen molar-refractivity contribution in [2.75, 3.05) is 0 Å². The lowest BCUT2D eigenvalue weighted by Crippen LogP contribution is -2.27. The third kappa shape index (κ3) is 4.99. The lowest BCUT2D eigenvalue weighted by atomic mass is 9.90. The van der Waals surface area contributed by atoms with Gasteiger partial charge in [-0.15, -0.1) is 0 Å². The molecule has 0 saturated carbocycles. The predicted octanol–water partition coefficient (Wildman–Crippen LogP) is 4.66. The van der Waals surface area contributed by atoms with Crippen LogP contribution in [0.3, 0.4) is 0 Å². The van der Waals surface area contributed by atoms with Crippen LogP contribution in [0.1, 0.15) is 30.9 Å². The summed E-state index contributed by atoms with van der Waals surface area (Å²) in [5, 5.41) is 11.2. The third-order valence-corrected chi connectivity index (χ3v) is 3.77. The molecule has 0 aliphatic carbocycles. The molecule has 0 aromatic heterocycles. The van der Waals surface area contributed by atoms with Crippen LogP contribution in [-0.4, -0.2) is 10.7 Å². The summed E-state index contributed by atoms with van der Waals surface area (Å²) >= 11 is 5.87. The fourth-order valence-electron chi connectivity index (χ4n) is 2.45. The second-order valence-corrected chi connectivity index (χ2v) is 6.08. The van der Waals surface area contributed by atoms with Crippen LogP contribution in [0.5, 0.6) is 0 Å². The minimum atomic E-state index is -0.664. The highest BCUT2D eigenvalue weighted by molar-refractivity contribution is 6.30. The second kappa shape index (κ2) is 6.92. The Kier molecular flexibility index (Phi) is 5.22. The summed E-state index contributed by atoms with van der Waals surface area (Å²) in [7, 11) is 0. The van der Waals surface area contributed by atoms with Gasteiger partial charge in [-0.2, -0.15) is 0 Å². The zero-order valence-electron chi connectivity index (χ0n) is 11.8. The Balaban J connectivity index is 1.83. The first kappa shape index (κ1) is 15.1. The minimum absolute atomic E-state index is 0.664. The van der Waals surface area contributed by atoms with Crippen LogP contribution in [-0.2, 0) is 12.8 Å². The molecule has 1 unspecified atom stereocenters. The van der Waals surface area contributed by atoms with Crippen molar-refractivity contribution < 1.29 is 5.11 Å². The molecule has 20 heavy (non-hydrogen) atoms. The van der Waals surface area contributed by atoms with Gasteiger partial charge in [0, 0.05) is 11.4 Å². The summed E-state index contributed by atoms with van der Waals surface area (Å²) < 4.78 is 0. The Hall–Kier alpha value is -1.31. The van der Waals surface area contributed by atoms with Crippen LogP contribution >= 0.6 is 11.6 Å². The van der Waals surface area contributed by atoms with Gasteiger partial charge < -0.3 is 5.11 Å². The molecule has 0 amide bonds. The summed E-state index contributed by atoms with van der Waals surface area (Å²) in [5.41, 5.74) is 1.79. The molecule has 2 heteroatoms. The largest absolute Gasteiger partial charge is 0.390 e. The molecule has 1 nitrogen and oxygen atoms in total. The fourth-order valence-corrected chi connectivity index (χ4v) is 2.57. The van der Waals surface area contributed by atoms with Crippen molar-refractivity contribution in [3.8, 4) is 0 Å². The molecule has 0 aliphatic heterocycles. The Morgan fingerprint density at radius 2 is 1.60 bits per heavy atom. The van der Waals surface area contributed by atoms with E-state index < -0.39 is 5.60 Å². The molecule has 0 fully saturated rings. The van der Waals surface area contributed by atoms with Gasteiger partial charge in [0.1, 0.15) is 0 Å². The van der Waals surface area contributed by atoms with E-state index in [0.29, 0.717) is 6.42 Å². The van der Waals surface area contributed by atoms with Gasteiger partial charge in [0.25, 0.3) is 0 Å². The smallest absolute Gasteiger partial charge is 0.0660 e. The molecule has 0 saturated heterocycles. The maximum atomic E-state index is 10.5. The Morgan fingerprint density at radius 3 is 2.25 bits per heavy atom. The Labute approximate surface area is 126 Å².